The molecule has 0 aromatic heterocycles. The highest BCUT2D eigenvalue weighted by Crippen LogP contribution is 1.74. The average molecular weight is 159 g/mol. The summed E-state index contributed by atoms with van der Waals surface area (Å²) in [6.07, 6.45) is 0. The maximum Gasteiger partial charge on any atom is 0.310 e. The molecule has 0 radical (unpaired) electrons. The molecule has 4 nitrogen and oxygen atoms in total. The van der Waals surface area contributed by atoms with Gasteiger partial charge in [0, 0.05) is 0 Å². The van der Waals surface area contributed by atoms with E-state index in [4.69, 9.17) is 9.12 Å². The van der Waals surface area contributed by atoms with Crippen molar-refractivity contribution in [2.45, 2.75) is 6.92 Å². The fraction of sp³-hybridized carbons (Fsp3) is 1.00. The van der Waals surface area contributed by atoms with Crippen LogP contribution >= 0.6 is 9.12 Å². The Kier molecular flexibility index (Phi) is 7.02. The van der Waals surface area contributed by atoms with Crippen LogP contribution in [0.4, 0.5) is 0 Å². The second kappa shape index (κ2) is 5.15. The van der Waals surface area contributed by atoms with Crippen molar-refractivity contribution in [1.29, 1.82) is 0 Å². The topological polar surface area (TPSA) is 71.4 Å². The van der Waals surface area contributed by atoms with Crippen LogP contribution in [0, 0.1) is 0 Å². The quantitative estimate of drug-likeness (QED) is 0.435. The Morgan fingerprint density at radius 3 is 1.62 bits per heavy atom. The molecule has 0 rings (SSSR count). The van der Waals surface area contributed by atoms with Gasteiger partial charge in [0.1, 0.15) is 0 Å². The molecule has 0 aromatic rings. The zero-order chi connectivity index (χ0) is 7.21. The maximum atomic E-state index is 9.56. The predicted octanol–water partition coefficient (Wildman–Crippen LogP) is 0.101. The minimum absolute atomic E-state index is 0.201. The molecule has 8 heavy (non-hydrogen) atoms. The summed E-state index contributed by atoms with van der Waals surface area (Å²) in [6.45, 7) is 1.37. The van der Waals surface area contributed by atoms with Crippen molar-refractivity contribution in [1.82, 2.24) is 0 Å². The predicted molar refractivity (Wildman–Crippen MR) is 32.5 cm³/mol. The zero-order valence-electron chi connectivity index (χ0n) is 4.36. The maximum absolute atomic E-state index is 9.56. The van der Waals surface area contributed by atoms with Gasteiger partial charge in [0.05, 0.1) is 5.75 Å². The molecule has 0 saturated carbocycles. The van der Waals surface area contributed by atoms with E-state index in [0.29, 0.717) is 0 Å². The molecule has 0 amide bonds. The molecule has 50 valence electrons. The van der Waals surface area contributed by atoms with Crippen LogP contribution in [0.1, 0.15) is 6.92 Å². The summed E-state index contributed by atoms with van der Waals surface area (Å²) < 4.78 is 35.1. The highest BCUT2D eigenvalue weighted by Gasteiger charge is 1.93. The summed E-state index contributed by atoms with van der Waals surface area (Å²) in [7, 11) is -2.50. The van der Waals surface area contributed by atoms with Gasteiger partial charge in [-0.05, 0) is 6.92 Å². The summed E-state index contributed by atoms with van der Waals surface area (Å²) in [4.78, 5) is 0. The number of hydrogen-bond donors (Lipinski definition) is 1. The molecule has 0 fully saturated rings. The van der Waals surface area contributed by atoms with Gasteiger partial charge in [-0.25, -0.2) is 0 Å². The van der Waals surface area contributed by atoms with E-state index in [2.05, 4.69) is 0 Å². The molecule has 1 N–H and O–H groups in total. The van der Waals surface area contributed by atoms with Gasteiger partial charge in [0.15, 0.2) is 0 Å². The third-order valence-corrected chi connectivity index (χ3v) is 1.09. The lowest BCUT2D eigenvalue weighted by molar-refractivity contribution is 0.484. The minimum Gasteiger partial charge on any atom is -0.286 e. The van der Waals surface area contributed by atoms with Gasteiger partial charge in [-0.1, -0.05) is 4.57 Å². The second-order valence-electron chi connectivity index (χ2n) is 0.871. The third-order valence-electron chi connectivity index (χ3n) is 0.365. The largest absolute Gasteiger partial charge is 0.310 e. The molecule has 0 spiro atoms. The van der Waals surface area contributed by atoms with Crippen molar-refractivity contribution in [3.63, 3.8) is 0 Å². The Balaban J connectivity index is 0. The van der Waals surface area contributed by atoms with Crippen molar-refractivity contribution in [3.05, 3.63) is 0 Å². The number of hydrogen-bond acceptors (Lipinski definition) is 3. The van der Waals surface area contributed by atoms with Crippen molar-refractivity contribution < 1.29 is 17.5 Å². The van der Waals surface area contributed by atoms with Crippen LogP contribution in [0.15, 0.2) is 0 Å². The third kappa shape index (κ3) is 16.7. The smallest absolute Gasteiger partial charge is 0.286 e. The highest BCUT2D eigenvalue weighted by atomic mass is 32.2. The lowest BCUT2D eigenvalue weighted by Crippen LogP contribution is -1.97. The van der Waals surface area contributed by atoms with E-state index in [-0.39, 0.29) is 5.75 Å². The Hall–Kier alpha value is 0.01000. The van der Waals surface area contributed by atoms with Crippen molar-refractivity contribution in [2.24, 2.45) is 0 Å². The SMILES string of the molecule is CCS(=O)(=O)O.O=[PH2+]. The van der Waals surface area contributed by atoms with Crippen LogP contribution in [0.25, 0.3) is 0 Å². The summed E-state index contributed by atoms with van der Waals surface area (Å²) in [5.41, 5.74) is 0. The van der Waals surface area contributed by atoms with Crippen LogP contribution in [0.5, 0.6) is 0 Å². The van der Waals surface area contributed by atoms with Gasteiger partial charge < -0.3 is 0 Å². The molecule has 0 saturated heterocycles. The van der Waals surface area contributed by atoms with Crippen LogP contribution in [-0.2, 0) is 14.7 Å². The van der Waals surface area contributed by atoms with E-state index in [9.17, 15) is 8.42 Å². The van der Waals surface area contributed by atoms with E-state index in [1.807, 2.05) is 0 Å². The molecule has 6 heteroatoms. The Bertz CT molecular complexity index is 127. The summed E-state index contributed by atoms with van der Waals surface area (Å²) in [5, 5.41) is 0. The standard InChI is InChI=1S/C2H6O3S.H2OP/c1-2-6(3,4)5;1-2/h2H2,1H3,(H,3,4,5);2H2/q;+1. The van der Waals surface area contributed by atoms with E-state index in [1.165, 1.54) is 16.0 Å². The van der Waals surface area contributed by atoms with Gasteiger partial charge in [0.25, 0.3) is 10.1 Å². The van der Waals surface area contributed by atoms with Crippen molar-refractivity contribution in [2.75, 3.05) is 5.75 Å². The fourth-order valence-corrected chi connectivity index (χ4v) is 0. The Labute approximate surface area is 50.3 Å². The van der Waals surface area contributed by atoms with Crippen LogP contribution < -0.4 is 0 Å². The summed E-state index contributed by atoms with van der Waals surface area (Å²) in [6, 6.07) is 0. The van der Waals surface area contributed by atoms with Crippen LogP contribution in [0.2, 0.25) is 0 Å². The summed E-state index contributed by atoms with van der Waals surface area (Å²) >= 11 is 0. The molecule has 0 aliphatic carbocycles. The summed E-state index contributed by atoms with van der Waals surface area (Å²) in [5.74, 6) is -0.201. The van der Waals surface area contributed by atoms with Gasteiger partial charge in [-0.3, -0.25) is 4.55 Å². The highest BCUT2D eigenvalue weighted by molar-refractivity contribution is 7.85. The van der Waals surface area contributed by atoms with E-state index in [1.54, 1.807) is 0 Å². The van der Waals surface area contributed by atoms with E-state index < -0.39 is 10.1 Å². The Morgan fingerprint density at radius 1 is 1.50 bits per heavy atom. The van der Waals surface area contributed by atoms with Gasteiger partial charge in [0.2, 0.25) is 0 Å². The lowest BCUT2D eigenvalue weighted by Gasteiger charge is -1.79. The zero-order valence-corrected chi connectivity index (χ0v) is 6.34. The first-order valence-electron chi connectivity index (χ1n) is 1.75. The minimum atomic E-state index is -3.66. The van der Waals surface area contributed by atoms with Crippen LogP contribution in [0.3, 0.4) is 0 Å². The first-order chi connectivity index (χ1) is 3.56. The fourth-order valence-electron chi connectivity index (χ4n) is 0. The monoisotopic (exact) mass is 159 g/mol. The number of rotatable bonds is 1. The molecule has 0 aliphatic rings. The molecule has 0 heterocycles. The van der Waals surface area contributed by atoms with Gasteiger partial charge in [-0.2, -0.15) is 8.42 Å². The first-order valence-corrected chi connectivity index (χ1v) is 3.83. The molecular formula is C2H8O4PS+. The van der Waals surface area contributed by atoms with Gasteiger partial charge in [-0.15, -0.1) is 0 Å². The molecular weight excluding hydrogens is 151 g/mol. The van der Waals surface area contributed by atoms with Gasteiger partial charge >= 0.3 is 9.12 Å². The molecule has 1 unspecified atom stereocenters. The van der Waals surface area contributed by atoms with Crippen LogP contribution in [-0.4, -0.2) is 18.7 Å². The van der Waals surface area contributed by atoms with E-state index in [0.717, 1.165) is 0 Å². The van der Waals surface area contributed by atoms with Crippen molar-refractivity contribution >= 4 is 19.2 Å². The van der Waals surface area contributed by atoms with Crippen molar-refractivity contribution in [3.8, 4) is 0 Å². The second-order valence-corrected chi connectivity index (χ2v) is 2.61. The molecule has 0 aliphatic heterocycles. The first kappa shape index (κ1) is 10.9. The molecule has 1 atom stereocenters. The Morgan fingerprint density at radius 2 is 1.62 bits per heavy atom. The van der Waals surface area contributed by atoms with E-state index >= 15 is 0 Å². The lowest BCUT2D eigenvalue weighted by atomic mass is 11.0. The molecule has 0 bridgehead atoms. The average Bonchev–Trinajstić information content (AvgIpc) is 1.71. The molecule has 0 aromatic carbocycles. The normalized spacial score (nSPS) is 9.25.